The summed E-state index contributed by atoms with van der Waals surface area (Å²) in [7, 11) is 1.98. The zero-order valence-electron chi connectivity index (χ0n) is 11.3. The minimum Gasteiger partial charge on any atom is -0.314 e. The van der Waals surface area contributed by atoms with Gasteiger partial charge in [-0.3, -0.25) is 9.78 Å². The van der Waals surface area contributed by atoms with Crippen molar-refractivity contribution in [2.75, 3.05) is 7.05 Å². The van der Waals surface area contributed by atoms with E-state index < -0.39 is 0 Å². The van der Waals surface area contributed by atoms with E-state index >= 15 is 0 Å². The highest BCUT2D eigenvalue weighted by Crippen LogP contribution is 2.31. The van der Waals surface area contributed by atoms with Gasteiger partial charge in [-0.2, -0.15) is 0 Å². The molecule has 0 unspecified atom stereocenters. The standard InChI is InChI=1S/C15H22N2O/c1-12-8-13(11-17-10-12)14(18)9-15(16-2)6-4-3-5-7-15/h8,10-11,16H,3-7,9H2,1-2H3. The zero-order valence-corrected chi connectivity index (χ0v) is 11.3. The van der Waals surface area contributed by atoms with E-state index in [4.69, 9.17) is 0 Å². The van der Waals surface area contributed by atoms with E-state index in [1.165, 1.54) is 19.3 Å². The lowest BCUT2D eigenvalue weighted by molar-refractivity contribution is 0.0914. The number of hydrogen-bond acceptors (Lipinski definition) is 3. The van der Waals surface area contributed by atoms with Gasteiger partial charge in [-0.15, -0.1) is 0 Å². The van der Waals surface area contributed by atoms with E-state index in [1.54, 1.807) is 12.4 Å². The van der Waals surface area contributed by atoms with E-state index in [-0.39, 0.29) is 11.3 Å². The van der Waals surface area contributed by atoms with Gasteiger partial charge in [0.2, 0.25) is 0 Å². The molecule has 1 fully saturated rings. The first-order valence-electron chi connectivity index (χ1n) is 6.79. The summed E-state index contributed by atoms with van der Waals surface area (Å²) < 4.78 is 0. The molecule has 1 saturated carbocycles. The fourth-order valence-electron chi connectivity index (χ4n) is 2.86. The number of ketones is 1. The smallest absolute Gasteiger partial charge is 0.166 e. The molecule has 3 nitrogen and oxygen atoms in total. The predicted molar refractivity (Wildman–Crippen MR) is 72.8 cm³/mol. The molecule has 1 N–H and O–H groups in total. The van der Waals surface area contributed by atoms with Gasteiger partial charge in [0.15, 0.2) is 5.78 Å². The minimum atomic E-state index is 0.0130. The molecule has 0 saturated heterocycles. The van der Waals surface area contributed by atoms with Crippen molar-refractivity contribution in [2.24, 2.45) is 0 Å². The summed E-state index contributed by atoms with van der Waals surface area (Å²) >= 11 is 0. The van der Waals surface area contributed by atoms with Crippen LogP contribution in [0.4, 0.5) is 0 Å². The van der Waals surface area contributed by atoms with Gasteiger partial charge >= 0.3 is 0 Å². The van der Waals surface area contributed by atoms with Gasteiger partial charge in [-0.25, -0.2) is 0 Å². The third-order valence-corrected chi connectivity index (χ3v) is 4.04. The van der Waals surface area contributed by atoms with Crippen molar-refractivity contribution in [1.82, 2.24) is 10.3 Å². The monoisotopic (exact) mass is 246 g/mol. The number of carbonyl (C=O) groups is 1. The molecule has 1 aliphatic carbocycles. The van der Waals surface area contributed by atoms with Crippen molar-refractivity contribution < 1.29 is 4.79 Å². The van der Waals surface area contributed by atoms with Crippen molar-refractivity contribution >= 4 is 5.78 Å². The normalized spacial score (nSPS) is 18.6. The van der Waals surface area contributed by atoms with Crippen LogP contribution in [0.2, 0.25) is 0 Å². The molecule has 18 heavy (non-hydrogen) atoms. The van der Waals surface area contributed by atoms with E-state index in [9.17, 15) is 4.79 Å². The third kappa shape index (κ3) is 2.96. The molecule has 1 aliphatic rings. The van der Waals surface area contributed by atoms with E-state index in [0.717, 1.165) is 24.0 Å². The molecule has 1 aromatic rings. The molecule has 0 radical (unpaired) electrons. The Bertz CT molecular complexity index is 422. The Labute approximate surface area is 109 Å². The summed E-state index contributed by atoms with van der Waals surface area (Å²) in [4.78, 5) is 16.5. The molecular weight excluding hydrogens is 224 g/mol. The minimum absolute atomic E-state index is 0.0130. The second-order valence-electron chi connectivity index (χ2n) is 5.44. The van der Waals surface area contributed by atoms with Gasteiger partial charge in [0, 0.05) is 29.9 Å². The number of hydrogen-bond donors (Lipinski definition) is 1. The van der Waals surface area contributed by atoms with Crippen LogP contribution in [0.15, 0.2) is 18.5 Å². The molecule has 0 bridgehead atoms. The number of aryl methyl sites for hydroxylation is 1. The van der Waals surface area contributed by atoms with Crippen LogP contribution in [-0.4, -0.2) is 23.4 Å². The Morgan fingerprint density at radius 1 is 1.33 bits per heavy atom. The highest BCUT2D eigenvalue weighted by molar-refractivity contribution is 5.96. The van der Waals surface area contributed by atoms with Crippen LogP contribution in [0.25, 0.3) is 0 Å². The number of carbonyl (C=O) groups excluding carboxylic acids is 1. The van der Waals surface area contributed by atoms with Crippen molar-refractivity contribution in [3.05, 3.63) is 29.6 Å². The number of pyridine rings is 1. The van der Waals surface area contributed by atoms with Crippen LogP contribution in [0.3, 0.4) is 0 Å². The molecule has 0 atom stereocenters. The lowest BCUT2D eigenvalue weighted by Crippen LogP contribution is -2.46. The predicted octanol–water partition coefficient (Wildman–Crippen LogP) is 2.89. The zero-order chi connectivity index (χ0) is 13.0. The first-order chi connectivity index (χ1) is 8.65. The molecule has 98 valence electrons. The summed E-state index contributed by atoms with van der Waals surface area (Å²) in [5, 5.41) is 3.39. The van der Waals surface area contributed by atoms with Crippen molar-refractivity contribution in [3.8, 4) is 0 Å². The van der Waals surface area contributed by atoms with Crippen molar-refractivity contribution in [2.45, 2.75) is 51.0 Å². The summed E-state index contributed by atoms with van der Waals surface area (Å²) in [6.45, 7) is 1.97. The fraction of sp³-hybridized carbons (Fsp3) is 0.600. The average Bonchev–Trinajstić information content (AvgIpc) is 2.40. The first kappa shape index (κ1) is 13.2. The second kappa shape index (κ2) is 5.61. The van der Waals surface area contributed by atoms with Crippen LogP contribution in [0.5, 0.6) is 0 Å². The van der Waals surface area contributed by atoms with Gasteiger partial charge in [0.05, 0.1) is 0 Å². The highest BCUT2D eigenvalue weighted by atomic mass is 16.1. The van der Waals surface area contributed by atoms with E-state index in [2.05, 4.69) is 10.3 Å². The van der Waals surface area contributed by atoms with Gasteiger partial charge in [0.25, 0.3) is 0 Å². The Hall–Kier alpha value is -1.22. The van der Waals surface area contributed by atoms with Crippen LogP contribution < -0.4 is 5.32 Å². The largest absolute Gasteiger partial charge is 0.314 e. The van der Waals surface area contributed by atoms with Gasteiger partial charge < -0.3 is 5.32 Å². The van der Waals surface area contributed by atoms with Gasteiger partial charge in [-0.1, -0.05) is 19.3 Å². The molecular formula is C15H22N2O. The number of Topliss-reactive ketones (excluding diaryl/α,β-unsaturated/α-hetero) is 1. The van der Waals surface area contributed by atoms with E-state index in [1.807, 2.05) is 20.0 Å². The maximum Gasteiger partial charge on any atom is 0.166 e. The number of nitrogens with one attached hydrogen (secondary N) is 1. The van der Waals surface area contributed by atoms with Gasteiger partial charge in [0.1, 0.15) is 0 Å². The first-order valence-corrected chi connectivity index (χ1v) is 6.79. The lowest BCUT2D eigenvalue weighted by Gasteiger charge is -2.36. The molecule has 0 aliphatic heterocycles. The summed E-state index contributed by atoms with van der Waals surface area (Å²) in [5.74, 6) is 0.211. The Kier molecular flexibility index (Phi) is 4.12. The molecule has 1 heterocycles. The molecule has 2 rings (SSSR count). The summed E-state index contributed by atoms with van der Waals surface area (Å²) in [6.07, 6.45) is 10.0. The average molecular weight is 246 g/mol. The molecule has 0 spiro atoms. The van der Waals surface area contributed by atoms with Crippen LogP contribution in [0, 0.1) is 6.92 Å². The summed E-state index contributed by atoms with van der Waals surface area (Å²) in [5.41, 5.74) is 1.80. The lowest BCUT2D eigenvalue weighted by atomic mass is 9.77. The summed E-state index contributed by atoms with van der Waals surface area (Å²) in [6, 6.07) is 1.93. The quantitative estimate of drug-likeness (QED) is 0.831. The van der Waals surface area contributed by atoms with Crippen LogP contribution in [-0.2, 0) is 0 Å². The Morgan fingerprint density at radius 2 is 2.06 bits per heavy atom. The topological polar surface area (TPSA) is 42.0 Å². The van der Waals surface area contributed by atoms with Crippen LogP contribution >= 0.6 is 0 Å². The second-order valence-corrected chi connectivity index (χ2v) is 5.44. The number of rotatable bonds is 4. The molecule has 1 aromatic heterocycles. The maximum absolute atomic E-state index is 12.3. The van der Waals surface area contributed by atoms with E-state index in [0.29, 0.717) is 6.42 Å². The van der Waals surface area contributed by atoms with Crippen molar-refractivity contribution in [3.63, 3.8) is 0 Å². The maximum atomic E-state index is 12.3. The molecule has 3 heteroatoms. The SMILES string of the molecule is CNC1(CC(=O)c2cncc(C)c2)CCCCC1. The Balaban J connectivity index is 2.10. The molecule has 0 amide bonds. The molecule has 0 aromatic carbocycles. The number of nitrogens with zero attached hydrogens (tertiary/aromatic N) is 1. The van der Waals surface area contributed by atoms with Crippen LogP contribution in [0.1, 0.15) is 54.4 Å². The Morgan fingerprint density at radius 3 is 2.67 bits per heavy atom. The van der Waals surface area contributed by atoms with Crippen molar-refractivity contribution in [1.29, 1.82) is 0 Å². The van der Waals surface area contributed by atoms with Gasteiger partial charge in [-0.05, 0) is 38.4 Å². The fourth-order valence-corrected chi connectivity index (χ4v) is 2.86. The highest BCUT2D eigenvalue weighted by Gasteiger charge is 2.32. The third-order valence-electron chi connectivity index (χ3n) is 4.04. The number of aromatic nitrogens is 1.